The van der Waals surface area contributed by atoms with Gasteiger partial charge >= 0.3 is 0 Å². The Bertz CT molecular complexity index is 1050. The van der Waals surface area contributed by atoms with Crippen LogP contribution in [0, 0.1) is 0 Å². The van der Waals surface area contributed by atoms with E-state index in [2.05, 4.69) is 49.3 Å². The van der Waals surface area contributed by atoms with Crippen LogP contribution >= 0.6 is 31.9 Å². The minimum atomic E-state index is -0.211. The monoisotopic (exact) mass is 528 g/mol. The molecule has 4 nitrogen and oxygen atoms in total. The average Bonchev–Trinajstić information content (AvgIpc) is 2.76. The van der Waals surface area contributed by atoms with Crippen molar-refractivity contribution in [2.75, 3.05) is 6.61 Å². The van der Waals surface area contributed by atoms with Gasteiger partial charge in [-0.25, -0.2) is 0 Å². The highest BCUT2D eigenvalue weighted by Crippen LogP contribution is 2.36. The van der Waals surface area contributed by atoms with Crippen LogP contribution in [0.2, 0.25) is 0 Å². The van der Waals surface area contributed by atoms with Gasteiger partial charge in [-0.05, 0) is 72.6 Å². The van der Waals surface area contributed by atoms with Crippen molar-refractivity contribution in [1.29, 1.82) is 0 Å². The average molecular weight is 530 g/mol. The van der Waals surface area contributed by atoms with Gasteiger partial charge in [0, 0.05) is 32.7 Å². The number of benzene rings is 3. The molecule has 0 spiro atoms. The molecule has 1 heterocycles. The summed E-state index contributed by atoms with van der Waals surface area (Å²) in [5.74, 6) is 1.12. The van der Waals surface area contributed by atoms with Crippen molar-refractivity contribution in [3.05, 3.63) is 92.4 Å². The Labute approximate surface area is 193 Å². The molecule has 6 heteroatoms. The summed E-state index contributed by atoms with van der Waals surface area (Å²) >= 11 is 7.02. The third kappa shape index (κ3) is 4.77. The van der Waals surface area contributed by atoms with Gasteiger partial charge < -0.3 is 9.84 Å². The number of phenolic OH excluding ortho intramolecular Hbond substituents is 1. The molecule has 4 rings (SSSR count). The SMILES string of the molecule is CCOc1ccc(C2=N[C@H](c3ccc(Br)cc3)N[C@@H](c3cc(Br)ccc3O)C2)cc1. The zero-order valence-electron chi connectivity index (χ0n) is 16.5. The predicted octanol–water partition coefficient (Wildman–Crippen LogP) is 6.54. The molecule has 0 bridgehead atoms. The quantitative estimate of drug-likeness (QED) is 0.394. The Hall–Kier alpha value is -2.15. The number of halogens is 2. The van der Waals surface area contributed by atoms with Gasteiger partial charge in [-0.2, -0.15) is 0 Å². The number of rotatable bonds is 5. The molecule has 0 fully saturated rings. The molecule has 0 aromatic heterocycles. The van der Waals surface area contributed by atoms with Gasteiger partial charge in [0.1, 0.15) is 17.7 Å². The van der Waals surface area contributed by atoms with E-state index >= 15 is 0 Å². The van der Waals surface area contributed by atoms with Gasteiger partial charge in [-0.3, -0.25) is 10.3 Å². The van der Waals surface area contributed by atoms with Crippen molar-refractivity contribution in [1.82, 2.24) is 5.32 Å². The van der Waals surface area contributed by atoms with E-state index in [4.69, 9.17) is 9.73 Å². The van der Waals surface area contributed by atoms with E-state index in [1.54, 1.807) is 6.07 Å². The fraction of sp³-hybridized carbons (Fsp3) is 0.208. The summed E-state index contributed by atoms with van der Waals surface area (Å²) in [7, 11) is 0. The molecule has 0 amide bonds. The Kier molecular flexibility index (Phi) is 6.56. The summed E-state index contributed by atoms with van der Waals surface area (Å²) < 4.78 is 7.53. The Morgan fingerprint density at radius 3 is 2.40 bits per heavy atom. The first kappa shape index (κ1) is 21.1. The summed E-state index contributed by atoms with van der Waals surface area (Å²) in [6, 6.07) is 21.7. The van der Waals surface area contributed by atoms with E-state index in [0.717, 1.165) is 37.1 Å². The second-order valence-corrected chi connectivity index (χ2v) is 8.95. The maximum Gasteiger partial charge on any atom is 0.126 e. The molecule has 0 unspecified atom stereocenters. The number of nitrogens with zero attached hydrogens (tertiary/aromatic N) is 1. The molecule has 154 valence electrons. The van der Waals surface area contributed by atoms with E-state index < -0.39 is 0 Å². The number of phenols is 1. The summed E-state index contributed by atoms with van der Waals surface area (Å²) in [5.41, 5.74) is 3.97. The normalized spacial score (nSPS) is 18.7. The second kappa shape index (κ2) is 9.33. The summed E-state index contributed by atoms with van der Waals surface area (Å²) in [6.07, 6.45) is 0.460. The van der Waals surface area contributed by atoms with Crippen molar-refractivity contribution < 1.29 is 9.84 Å². The lowest BCUT2D eigenvalue weighted by Gasteiger charge is -2.31. The first-order valence-corrected chi connectivity index (χ1v) is 11.4. The lowest BCUT2D eigenvalue weighted by Crippen LogP contribution is -2.33. The summed E-state index contributed by atoms with van der Waals surface area (Å²) in [5, 5.41) is 14.1. The summed E-state index contributed by atoms with van der Waals surface area (Å²) in [4.78, 5) is 5.01. The lowest BCUT2D eigenvalue weighted by molar-refractivity contribution is 0.340. The Balaban J connectivity index is 1.72. The molecular formula is C24H22Br2N2O2. The van der Waals surface area contributed by atoms with Gasteiger partial charge in [-0.15, -0.1) is 0 Å². The smallest absolute Gasteiger partial charge is 0.126 e. The van der Waals surface area contributed by atoms with Crippen molar-refractivity contribution in [2.45, 2.75) is 25.6 Å². The van der Waals surface area contributed by atoms with Crippen LogP contribution < -0.4 is 10.1 Å². The van der Waals surface area contributed by atoms with Crippen LogP contribution in [0.1, 0.15) is 42.2 Å². The number of hydrogen-bond donors (Lipinski definition) is 2. The van der Waals surface area contributed by atoms with E-state index in [1.807, 2.05) is 55.5 Å². The summed E-state index contributed by atoms with van der Waals surface area (Å²) in [6.45, 7) is 2.61. The first-order valence-electron chi connectivity index (χ1n) is 9.83. The number of aliphatic imine (C=N–C) groups is 1. The fourth-order valence-electron chi connectivity index (χ4n) is 3.61. The maximum absolute atomic E-state index is 10.5. The molecule has 0 aliphatic carbocycles. The van der Waals surface area contributed by atoms with Gasteiger partial charge in [-0.1, -0.05) is 44.0 Å². The van der Waals surface area contributed by atoms with Crippen LogP contribution in [-0.4, -0.2) is 17.4 Å². The van der Waals surface area contributed by atoms with Crippen LogP contribution in [-0.2, 0) is 0 Å². The predicted molar refractivity (Wildman–Crippen MR) is 127 cm³/mol. The second-order valence-electron chi connectivity index (χ2n) is 7.11. The fourth-order valence-corrected chi connectivity index (χ4v) is 4.25. The highest BCUT2D eigenvalue weighted by atomic mass is 79.9. The van der Waals surface area contributed by atoms with Crippen molar-refractivity contribution in [2.24, 2.45) is 4.99 Å². The van der Waals surface area contributed by atoms with Crippen LogP contribution in [0.5, 0.6) is 11.5 Å². The number of nitrogens with one attached hydrogen (secondary N) is 1. The van der Waals surface area contributed by atoms with E-state index in [9.17, 15) is 5.11 Å². The molecule has 0 saturated carbocycles. The molecular weight excluding hydrogens is 508 g/mol. The van der Waals surface area contributed by atoms with Gasteiger partial charge in [0.15, 0.2) is 0 Å². The van der Waals surface area contributed by atoms with Crippen LogP contribution in [0.25, 0.3) is 0 Å². The van der Waals surface area contributed by atoms with Crippen molar-refractivity contribution in [3.63, 3.8) is 0 Å². The molecule has 30 heavy (non-hydrogen) atoms. The largest absolute Gasteiger partial charge is 0.508 e. The minimum absolute atomic E-state index is 0.0739. The molecule has 3 aromatic rings. The zero-order chi connectivity index (χ0) is 21.1. The molecule has 0 radical (unpaired) electrons. The highest BCUT2D eigenvalue weighted by molar-refractivity contribution is 9.10. The van der Waals surface area contributed by atoms with Gasteiger partial charge in [0.05, 0.1) is 6.61 Å². The number of ether oxygens (including phenoxy) is 1. The third-order valence-electron chi connectivity index (χ3n) is 5.09. The van der Waals surface area contributed by atoms with Crippen molar-refractivity contribution >= 4 is 37.6 Å². The van der Waals surface area contributed by atoms with Crippen LogP contribution in [0.4, 0.5) is 0 Å². The van der Waals surface area contributed by atoms with Crippen molar-refractivity contribution in [3.8, 4) is 11.5 Å². The molecule has 1 aliphatic heterocycles. The van der Waals surface area contributed by atoms with Crippen LogP contribution in [0.15, 0.2) is 80.7 Å². The Morgan fingerprint density at radius 2 is 1.70 bits per heavy atom. The number of aromatic hydroxyl groups is 1. The first-order chi connectivity index (χ1) is 14.5. The maximum atomic E-state index is 10.5. The van der Waals surface area contributed by atoms with E-state index in [0.29, 0.717) is 13.0 Å². The van der Waals surface area contributed by atoms with Crippen LogP contribution in [0.3, 0.4) is 0 Å². The highest BCUT2D eigenvalue weighted by Gasteiger charge is 2.27. The molecule has 0 saturated heterocycles. The minimum Gasteiger partial charge on any atom is -0.508 e. The zero-order valence-corrected chi connectivity index (χ0v) is 19.7. The standard InChI is InChI=1S/C24H22Br2N2O2/c1-2-30-19-10-5-15(6-11-19)21-14-22(20-13-18(26)9-12-23(20)29)28-24(27-21)16-3-7-17(25)8-4-16/h3-13,22,24,28-29H,2,14H2,1H3/t22-,24+/m1/s1. The van der Waals surface area contributed by atoms with E-state index in [1.165, 1.54) is 0 Å². The van der Waals surface area contributed by atoms with E-state index in [-0.39, 0.29) is 18.0 Å². The molecule has 3 aromatic carbocycles. The molecule has 2 atom stereocenters. The number of hydrogen-bond acceptors (Lipinski definition) is 4. The topological polar surface area (TPSA) is 53.8 Å². The Morgan fingerprint density at radius 1 is 1.00 bits per heavy atom. The third-order valence-corrected chi connectivity index (χ3v) is 6.11. The molecule has 2 N–H and O–H groups in total. The lowest BCUT2D eigenvalue weighted by atomic mass is 9.93. The molecule has 1 aliphatic rings. The van der Waals surface area contributed by atoms with Gasteiger partial charge in [0.2, 0.25) is 0 Å². The van der Waals surface area contributed by atoms with Gasteiger partial charge in [0.25, 0.3) is 0 Å².